The van der Waals surface area contributed by atoms with Crippen LogP contribution < -0.4 is 19.3 Å². The van der Waals surface area contributed by atoms with E-state index < -0.39 is 5.41 Å². The number of anilines is 6. The Bertz CT molecular complexity index is 4600. The monoisotopic (exact) mass is 1170 g/mol. The van der Waals surface area contributed by atoms with Gasteiger partial charge in [-0.2, -0.15) is 0 Å². The Morgan fingerprint density at radius 1 is 0.365 bits per heavy atom. The second-order valence-corrected chi connectivity index (χ2v) is 25.8. The minimum absolute atomic E-state index is 0.588. The summed E-state index contributed by atoms with van der Waals surface area (Å²) in [6.07, 6.45) is 0. The molecule has 0 atom stereocenters. The molecule has 14 aromatic rings. The largest absolute Gasteiger partial charge is 0.497 e. The van der Waals surface area contributed by atoms with Crippen molar-refractivity contribution in [1.29, 1.82) is 0 Å². The standard InChI is InChI=1S/C75H56N4O2S4/c1-5-76-69-33-23-49(41-61(69)63-45-57(29-35-71(63)76)84-55-13-9-7-10-14-55)78(47-17-25-53(80-3)26-18-47)51-21-31-59-60-32-22-52(44-68(60)75(67(59)43-51)65-37-39-82-73(65)74-66(75)38-40-83-74)79(48-19-27-54(81-4)28-20-48)50-24-34-70-62(42-50)64-46-58(30-36-72(64)77(70)6-2)85-56-15-11-8-12-16-56/h7-46H,5-6H2,1-4H3. The molecule has 10 heteroatoms. The molecule has 6 nitrogen and oxygen atoms in total. The van der Waals surface area contributed by atoms with Crippen LogP contribution in [0.15, 0.2) is 261 Å². The molecule has 0 aliphatic heterocycles. The van der Waals surface area contributed by atoms with E-state index in [1.165, 1.54) is 106 Å². The molecule has 1 spiro atoms. The summed E-state index contributed by atoms with van der Waals surface area (Å²) in [5.74, 6) is 1.63. The van der Waals surface area contributed by atoms with Crippen LogP contribution in [0.3, 0.4) is 0 Å². The quantitative estimate of drug-likeness (QED) is 0.108. The van der Waals surface area contributed by atoms with Gasteiger partial charge in [0.2, 0.25) is 0 Å². The van der Waals surface area contributed by atoms with Gasteiger partial charge in [0.1, 0.15) is 11.5 Å². The van der Waals surface area contributed by atoms with E-state index in [4.69, 9.17) is 9.47 Å². The predicted octanol–water partition coefficient (Wildman–Crippen LogP) is 21.7. The van der Waals surface area contributed by atoms with Gasteiger partial charge in [-0.1, -0.05) is 72.1 Å². The van der Waals surface area contributed by atoms with E-state index in [1.54, 1.807) is 14.2 Å². The maximum absolute atomic E-state index is 5.77. The molecule has 0 N–H and O–H groups in total. The van der Waals surface area contributed by atoms with Crippen molar-refractivity contribution in [2.75, 3.05) is 24.0 Å². The molecule has 412 valence electrons. The molecule has 0 saturated carbocycles. The number of fused-ring (bicyclic) bond motifs is 16. The smallest absolute Gasteiger partial charge is 0.119 e. The Labute approximate surface area is 510 Å². The second kappa shape index (κ2) is 20.7. The summed E-state index contributed by atoms with van der Waals surface area (Å²) in [6, 6.07) is 85.6. The number of hydrogen-bond donors (Lipinski definition) is 0. The minimum atomic E-state index is -0.588. The van der Waals surface area contributed by atoms with E-state index in [9.17, 15) is 0 Å². The first-order valence-corrected chi connectivity index (χ1v) is 32.2. The van der Waals surface area contributed by atoms with Crippen molar-refractivity contribution < 1.29 is 9.47 Å². The number of methoxy groups -OCH3 is 2. The molecule has 0 bridgehead atoms. The van der Waals surface area contributed by atoms with Crippen molar-refractivity contribution in [3.63, 3.8) is 0 Å². The van der Waals surface area contributed by atoms with Gasteiger partial charge in [-0.05, 0) is 240 Å². The summed E-state index contributed by atoms with van der Waals surface area (Å²) in [5, 5.41) is 9.55. The van der Waals surface area contributed by atoms with Gasteiger partial charge >= 0.3 is 0 Å². The molecule has 0 amide bonds. The number of aromatic nitrogens is 2. The van der Waals surface area contributed by atoms with Gasteiger partial charge < -0.3 is 28.4 Å². The van der Waals surface area contributed by atoms with Crippen molar-refractivity contribution in [2.45, 2.75) is 51.9 Å². The highest BCUT2D eigenvalue weighted by molar-refractivity contribution is 7.99. The van der Waals surface area contributed by atoms with E-state index >= 15 is 0 Å². The van der Waals surface area contributed by atoms with Gasteiger partial charge in [0.25, 0.3) is 0 Å². The van der Waals surface area contributed by atoms with Crippen molar-refractivity contribution in [1.82, 2.24) is 9.13 Å². The van der Waals surface area contributed by atoms with Crippen LogP contribution >= 0.6 is 46.2 Å². The average Bonchev–Trinajstić information content (AvgIpc) is 1.58. The van der Waals surface area contributed by atoms with Crippen LogP contribution in [0.2, 0.25) is 0 Å². The molecule has 0 unspecified atom stereocenters. The Morgan fingerprint density at radius 2 is 0.729 bits per heavy atom. The molecule has 0 radical (unpaired) electrons. The Morgan fingerprint density at radius 3 is 1.13 bits per heavy atom. The molecule has 2 aliphatic rings. The lowest BCUT2D eigenvalue weighted by Gasteiger charge is -2.32. The SMILES string of the molecule is CCn1c2ccc(Sc3ccccc3)cc2c2cc(N(c3ccc(OC)cc3)c3ccc4c(c3)C3(c5cc(N(c6ccc(OC)cc6)c6ccc7c(c6)c6cc(Sc8ccccc8)ccc6n7CC)ccc5-4)c4ccsc4-c4sccc43)ccc21. The van der Waals surface area contributed by atoms with Crippen LogP contribution in [-0.2, 0) is 18.5 Å². The van der Waals surface area contributed by atoms with Gasteiger partial charge in [-0.3, -0.25) is 0 Å². The molecule has 4 aromatic heterocycles. The number of rotatable bonds is 14. The van der Waals surface area contributed by atoms with Crippen LogP contribution in [0.1, 0.15) is 36.1 Å². The third-order valence-corrected chi connectivity index (χ3v) is 21.4. The number of hydrogen-bond acceptors (Lipinski definition) is 8. The second-order valence-electron chi connectivity index (χ2n) is 21.7. The molecule has 85 heavy (non-hydrogen) atoms. The fraction of sp³-hybridized carbons (Fsp3) is 0.0933. The van der Waals surface area contributed by atoms with Crippen molar-refractivity contribution in [3.05, 3.63) is 264 Å². The van der Waals surface area contributed by atoms with Crippen LogP contribution in [0.25, 0.3) is 64.5 Å². The van der Waals surface area contributed by atoms with Crippen LogP contribution in [-0.4, -0.2) is 23.4 Å². The van der Waals surface area contributed by atoms with Gasteiger partial charge in [0.15, 0.2) is 0 Å². The molecule has 0 saturated heterocycles. The number of nitrogens with zero attached hydrogens (tertiary/aromatic N) is 4. The molecule has 4 heterocycles. The fourth-order valence-corrected chi connectivity index (χ4v) is 17.6. The summed E-state index contributed by atoms with van der Waals surface area (Å²) in [5.41, 5.74) is 18.5. The Balaban J connectivity index is 0.877. The van der Waals surface area contributed by atoms with Crippen LogP contribution in [0.4, 0.5) is 34.1 Å². The third-order valence-electron chi connectivity index (χ3n) is 17.4. The van der Waals surface area contributed by atoms with Gasteiger partial charge in [-0.25, -0.2) is 0 Å². The molecule has 0 fully saturated rings. The van der Waals surface area contributed by atoms with Gasteiger partial charge in [0, 0.05) is 120 Å². The highest BCUT2D eigenvalue weighted by atomic mass is 32.2. The normalized spacial score (nSPS) is 12.8. The lowest BCUT2D eigenvalue weighted by atomic mass is 9.71. The first-order valence-electron chi connectivity index (χ1n) is 28.8. The van der Waals surface area contributed by atoms with E-state index in [-0.39, 0.29) is 0 Å². The van der Waals surface area contributed by atoms with Crippen LogP contribution in [0, 0.1) is 0 Å². The summed E-state index contributed by atoms with van der Waals surface area (Å²) in [7, 11) is 3.47. The molecular weight excluding hydrogens is 1120 g/mol. The average molecular weight is 1170 g/mol. The van der Waals surface area contributed by atoms with Crippen molar-refractivity contribution >= 4 is 124 Å². The topological polar surface area (TPSA) is 34.8 Å². The van der Waals surface area contributed by atoms with E-state index in [0.29, 0.717) is 0 Å². The third kappa shape index (κ3) is 8.21. The zero-order chi connectivity index (χ0) is 56.9. The zero-order valence-electron chi connectivity index (χ0n) is 47.2. The highest BCUT2D eigenvalue weighted by Crippen LogP contribution is 2.66. The first kappa shape index (κ1) is 51.7. The molecule has 16 rings (SSSR count). The fourth-order valence-electron chi connectivity index (χ4n) is 13.7. The lowest BCUT2D eigenvalue weighted by Crippen LogP contribution is -2.26. The van der Waals surface area contributed by atoms with Gasteiger partial charge in [-0.15, -0.1) is 22.7 Å². The van der Waals surface area contributed by atoms with E-state index in [2.05, 4.69) is 274 Å². The maximum atomic E-state index is 5.77. The predicted molar refractivity (Wildman–Crippen MR) is 359 cm³/mol. The molecule has 10 aromatic carbocycles. The molecular formula is C75H56N4O2S4. The van der Waals surface area contributed by atoms with Crippen LogP contribution in [0.5, 0.6) is 11.5 Å². The number of thiophene rings is 2. The maximum Gasteiger partial charge on any atom is 0.119 e. The summed E-state index contributed by atoms with van der Waals surface area (Å²) in [6.45, 7) is 6.22. The lowest BCUT2D eigenvalue weighted by molar-refractivity contribution is 0.414. The zero-order valence-corrected chi connectivity index (χ0v) is 50.5. The molecule has 2 aliphatic carbocycles. The van der Waals surface area contributed by atoms with E-state index in [1.807, 2.05) is 46.2 Å². The van der Waals surface area contributed by atoms with E-state index in [0.717, 1.165) is 58.7 Å². The number of ether oxygens (including phenoxy) is 2. The van der Waals surface area contributed by atoms with Gasteiger partial charge in [0.05, 0.1) is 19.6 Å². The summed E-state index contributed by atoms with van der Waals surface area (Å²) < 4.78 is 16.4. The summed E-state index contributed by atoms with van der Waals surface area (Å²) in [4.78, 5) is 12.5. The summed E-state index contributed by atoms with van der Waals surface area (Å²) >= 11 is 7.33. The van der Waals surface area contributed by atoms with Crippen molar-refractivity contribution in [3.8, 4) is 32.4 Å². The number of benzene rings is 10. The van der Waals surface area contributed by atoms with Crippen molar-refractivity contribution in [2.24, 2.45) is 0 Å². The minimum Gasteiger partial charge on any atom is -0.497 e. The Hall–Kier alpha value is -8.90. The highest BCUT2D eigenvalue weighted by Gasteiger charge is 2.53. The Kier molecular flexibility index (Phi) is 12.6. The first-order chi connectivity index (χ1) is 41.9. The number of aryl methyl sites for hydroxylation is 2.